The fraction of sp³-hybridized carbons (Fsp3) is 0.818. The second-order valence-corrected chi connectivity index (χ2v) is 5.29. The highest BCUT2D eigenvalue weighted by molar-refractivity contribution is 7.99. The summed E-state index contributed by atoms with van der Waals surface area (Å²) in [4.78, 5) is 22.0. The van der Waals surface area contributed by atoms with Gasteiger partial charge in [-0.3, -0.25) is 4.79 Å². The van der Waals surface area contributed by atoms with Gasteiger partial charge in [0, 0.05) is 19.4 Å². The third-order valence-corrected chi connectivity index (χ3v) is 3.68. The van der Waals surface area contributed by atoms with Crippen LogP contribution in [-0.4, -0.2) is 29.7 Å². The minimum atomic E-state index is 0.0171. The van der Waals surface area contributed by atoms with E-state index >= 15 is 0 Å². The lowest BCUT2D eigenvalue weighted by Gasteiger charge is -2.21. The van der Waals surface area contributed by atoms with Crippen molar-refractivity contribution in [2.75, 3.05) is 18.1 Å². The van der Waals surface area contributed by atoms with E-state index < -0.39 is 0 Å². The Morgan fingerprint density at radius 1 is 1.27 bits per heavy atom. The third-order valence-electron chi connectivity index (χ3n) is 2.63. The fourth-order valence-electron chi connectivity index (χ4n) is 1.59. The van der Waals surface area contributed by atoms with E-state index in [4.69, 9.17) is 0 Å². The summed E-state index contributed by atoms with van der Waals surface area (Å²) in [5, 5.41) is 2.91. The van der Waals surface area contributed by atoms with Crippen LogP contribution in [0.25, 0.3) is 0 Å². The lowest BCUT2D eigenvalue weighted by Crippen LogP contribution is -2.31. The minimum absolute atomic E-state index is 0.0171. The Hall–Kier alpha value is -0.510. The molecule has 1 saturated heterocycles. The lowest BCUT2D eigenvalue weighted by molar-refractivity contribution is -0.124. The van der Waals surface area contributed by atoms with Crippen molar-refractivity contribution in [3.63, 3.8) is 0 Å². The van der Waals surface area contributed by atoms with E-state index in [1.54, 1.807) is 0 Å². The van der Waals surface area contributed by atoms with Crippen molar-refractivity contribution in [2.45, 2.75) is 32.6 Å². The molecule has 0 atom stereocenters. The van der Waals surface area contributed by atoms with Crippen LogP contribution in [0.3, 0.4) is 0 Å². The first-order valence-electron chi connectivity index (χ1n) is 5.52. The Morgan fingerprint density at radius 3 is 2.53 bits per heavy atom. The Morgan fingerprint density at radius 2 is 1.93 bits per heavy atom. The van der Waals surface area contributed by atoms with E-state index in [2.05, 4.69) is 5.32 Å². The summed E-state index contributed by atoms with van der Waals surface area (Å²) in [6.07, 6.45) is 3.12. The number of nitrogens with one attached hydrogen (secondary N) is 1. The van der Waals surface area contributed by atoms with Crippen LogP contribution in [0.4, 0.5) is 0 Å². The summed E-state index contributed by atoms with van der Waals surface area (Å²) in [7, 11) is 0. The van der Waals surface area contributed by atoms with Crippen LogP contribution in [-0.2, 0) is 9.59 Å². The zero-order chi connectivity index (χ0) is 11.1. The quantitative estimate of drug-likeness (QED) is 0.779. The molecule has 15 heavy (non-hydrogen) atoms. The monoisotopic (exact) mass is 229 g/mol. The van der Waals surface area contributed by atoms with Gasteiger partial charge in [0.2, 0.25) is 5.91 Å². The molecule has 0 bridgehead atoms. The number of ketones is 1. The zero-order valence-corrected chi connectivity index (χ0v) is 10.1. The van der Waals surface area contributed by atoms with Gasteiger partial charge in [0.05, 0.1) is 0 Å². The van der Waals surface area contributed by atoms with Crippen molar-refractivity contribution >= 4 is 23.5 Å². The van der Waals surface area contributed by atoms with E-state index in [1.165, 1.54) is 31.3 Å². The summed E-state index contributed by atoms with van der Waals surface area (Å²) >= 11 is 1.99. The van der Waals surface area contributed by atoms with Gasteiger partial charge < -0.3 is 10.1 Å². The van der Waals surface area contributed by atoms with Crippen molar-refractivity contribution in [3.8, 4) is 0 Å². The molecule has 1 aliphatic heterocycles. The molecule has 1 amide bonds. The highest BCUT2D eigenvalue weighted by Gasteiger charge is 2.14. The summed E-state index contributed by atoms with van der Waals surface area (Å²) in [6, 6.07) is 0. The summed E-state index contributed by atoms with van der Waals surface area (Å²) in [5.41, 5.74) is 0. The van der Waals surface area contributed by atoms with Gasteiger partial charge in [-0.05, 0) is 37.2 Å². The van der Waals surface area contributed by atoms with Crippen LogP contribution in [0.1, 0.15) is 32.6 Å². The molecule has 0 aromatic rings. The number of rotatable bonds is 5. The SMILES string of the molecule is CC(=O)CCC(=O)NCC1CCSCC1. The number of thioether (sulfide) groups is 1. The van der Waals surface area contributed by atoms with Gasteiger partial charge in [-0.1, -0.05) is 0 Å². The first-order valence-corrected chi connectivity index (χ1v) is 6.68. The van der Waals surface area contributed by atoms with Crippen LogP contribution < -0.4 is 5.32 Å². The number of Topliss-reactive ketones (excluding diaryl/α,β-unsaturated/α-hetero) is 1. The highest BCUT2D eigenvalue weighted by atomic mass is 32.2. The van der Waals surface area contributed by atoms with Crippen molar-refractivity contribution in [2.24, 2.45) is 5.92 Å². The predicted octanol–water partition coefficient (Wildman–Crippen LogP) is 1.61. The van der Waals surface area contributed by atoms with Gasteiger partial charge in [-0.2, -0.15) is 11.8 Å². The Bertz CT molecular complexity index is 225. The van der Waals surface area contributed by atoms with Crippen LogP contribution in [0.2, 0.25) is 0 Å². The molecule has 4 heteroatoms. The van der Waals surface area contributed by atoms with Gasteiger partial charge in [0.1, 0.15) is 5.78 Å². The first-order chi connectivity index (χ1) is 7.18. The van der Waals surface area contributed by atoms with Crippen molar-refractivity contribution in [1.82, 2.24) is 5.32 Å². The number of carbonyl (C=O) groups is 2. The molecule has 1 rings (SSSR count). The van der Waals surface area contributed by atoms with E-state index in [1.807, 2.05) is 11.8 Å². The molecular weight excluding hydrogens is 210 g/mol. The largest absolute Gasteiger partial charge is 0.356 e. The molecule has 0 spiro atoms. The molecule has 1 heterocycles. The van der Waals surface area contributed by atoms with Crippen LogP contribution in [0.15, 0.2) is 0 Å². The molecule has 0 saturated carbocycles. The first kappa shape index (κ1) is 12.6. The number of hydrogen-bond donors (Lipinski definition) is 1. The smallest absolute Gasteiger partial charge is 0.220 e. The maximum Gasteiger partial charge on any atom is 0.220 e. The van der Waals surface area contributed by atoms with Crippen molar-refractivity contribution < 1.29 is 9.59 Å². The van der Waals surface area contributed by atoms with E-state index in [9.17, 15) is 9.59 Å². The molecule has 0 radical (unpaired) electrons. The van der Waals surface area contributed by atoms with Gasteiger partial charge in [-0.15, -0.1) is 0 Å². The van der Waals surface area contributed by atoms with Crippen LogP contribution in [0.5, 0.6) is 0 Å². The van der Waals surface area contributed by atoms with E-state index in [0.717, 1.165) is 6.54 Å². The second kappa shape index (κ2) is 6.88. The predicted molar refractivity (Wildman–Crippen MR) is 63.0 cm³/mol. The maximum atomic E-state index is 11.3. The molecule has 1 aliphatic rings. The molecule has 0 aliphatic carbocycles. The second-order valence-electron chi connectivity index (χ2n) is 4.06. The average molecular weight is 229 g/mol. The van der Waals surface area contributed by atoms with Crippen molar-refractivity contribution in [1.29, 1.82) is 0 Å². The molecule has 0 aromatic carbocycles. The normalized spacial score (nSPS) is 17.4. The average Bonchev–Trinajstić information content (AvgIpc) is 2.25. The Labute approximate surface area is 95.4 Å². The molecule has 0 aromatic heterocycles. The molecule has 0 unspecified atom stereocenters. The zero-order valence-electron chi connectivity index (χ0n) is 9.25. The van der Waals surface area contributed by atoms with Gasteiger partial charge in [0.15, 0.2) is 0 Å². The summed E-state index contributed by atoms with van der Waals surface area (Å²) < 4.78 is 0. The van der Waals surface area contributed by atoms with Gasteiger partial charge in [0.25, 0.3) is 0 Å². The third kappa shape index (κ3) is 5.82. The van der Waals surface area contributed by atoms with Crippen LogP contribution in [0, 0.1) is 5.92 Å². The lowest BCUT2D eigenvalue weighted by atomic mass is 10.0. The molecule has 1 fully saturated rings. The minimum Gasteiger partial charge on any atom is -0.356 e. The van der Waals surface area contributed by atoms with E-state index in [-0.39, 0.29) is 11.7 Å². The molecule has 3 nitrogen and oxygen atoms in total. The molecular formula is C11H19NO2S. The summed E-state index contributed by atoms with van der Waals surface area (Å²) in [6.45, 7) is 2.31. The molecule has 86 valence electrons. The number of hydrogen-bond acceptors (Lipinski definition) is 3. The number of amides is 1. The van der Waals surface area contributed by atoms with Gasteiger partial charge >= 0.3 is 0 Å². The van der Waals surface area contributed by atoms with E-state index in [0.29, 0.717) is 18.8 Å². The topological polar surface area (TPSA) is 46.2 Å². The standard InChI is InChI=1S/C11H19NO2S/c1-9(13)2-3-11(14)12-8-10-4-6-15-7-5-10/h10H,2-8H2,1H3,(H,12,14). The summed E-state index contributed by atoms with van der Waals surface area (Å²) in [5.74, 6) is 3.18. The number of carbonyl (C=O) groups excluding carboxylic acids is 2. The van der Waals surface area contributed by atoms with Crippen LogP contribution >= 0.6 is 11.8 Å². The van der Waals surface area contributed by atoms with Gasteiger partial charge in [-0.25, -0.2) is 0 Å². The fourth-order valence-corrected chi connectivity index (χ4v) is 2.79. The Kier molecular flexibility index (Phi) is 5.76. The Balaban J connectivity index is 2.07. The highest BCUT2D eigenvalue weighted by Crippen LogP contribution is 2.21. The molecule has 1 N–H and O–H groups in total. The maximum absolute atomic E-state index is 11.3. The van der Waals surface area contributed by atoms with Crippen molar-refractivity contribution in [3.05, 3.63) is 0 Å².